The third-order valence-corrected chi connectivity index (χ3v) is 4.90. The number of hydrogen-bond acceptors (Lipinski definition) is 6. The average Bonchev–Trinajstić information content (AvgIpc) is 2.73. The van der Waals surface area contributed by atoms with Crippen molar-refractivity contribution in [2.75, 3.05) is 45.3 Å². The van der Waals surface area contributed by atoms with Gasteiger partial charge in [0.05, 0.1) is 18.1 Å². The lowest BCUT2D eigenvalue weighted by atomic mass is 10.1. The highest BCUT2D eigenvalue weighted by atomic mass is 16.6. The zero-order chi connectivity index (χ0) is 20.8. The lowest BCUT2D eigenvalue weighted by molar-refractivity contribution is -0.384. The van der Waals surface area contributed by atoms with E-state index in [0.717, 1.165) is 38.4 Å². The first-order valence-electron chi connectivity index (χ1n) is 9.56. The van der Waals surface area contributed by atoms with Crippen LogP contribution in [-0.2, 0) is 17.8 Å². The minimum atomic E-state index is -0.473. The molecule has 1 aliphatic rings. The fourth-order valence-corrected chi connectivity index (χ4v) is 3.25. The topological polar surface area (TPSA) is 88.0 Å². The Kier molecular flexibility index (Phi) is 6.79. The van der Waals surface area contributed by atoms with Crippen LogP contribution in [0.5, 0.6) is 0 Å². The summed E-state index contributed by atoms with van der Waals surface area (Å²) in [6.07, 6.45) is 0. The van der Waals surface area contributed by atoms with Gasteiger partial charge in [-0.15, -0.1) is 0 Å². The Morgan fingerprint density at radius 3 is 2.41 bits per heavy atom. The summed E-state index contributed by atoms with van der Waals surface area (Å²) in [5, 5.41) is 14.1. The number of hydrogen-bond donors (Lipinski definition) is 1. The summed E-state index contributed by atoms with van der Waals surface area (Å²) >= 11 is 0. The van der Waals surface area contributed by atoms with Crippen molar-refractivity contribution in [1.82, 2.24) is 10.2 Å². The van der Waals surface area contributed by atoms with E-state index in [1.165, 1.54) is 11.6 Å². The Hall–Kier alpha value is -2.97. The summed E-state index contributed by atoms with van der Waals surface area (Å²) < 4.78 is 5.36. The van der Waals surface area contributed by atoms with E-state index in [2.05, 4.69) is 22.3 Å². The van der Waals surface area contributed by atoms with Gasteiger partial charge >= 0.3 is 0 Å². The number of nitro benzene ring substituents is 1. The summed E-state index contributed by atoms with van der Waals surface area (Å²) in [6, 6.07) is 12.6. The average molecular weight is 398 g/mol. The molecular weight excluding hydrogens is 372 g/mol. The van der Waals surface area contributed by atoms with Gasteiger partial charge in [-0.2, -0.15) is 0 Å². The van der Waals surface area contributed by atoms with Crippen LogP contribution >= 0.6 is 0 Å². The number of carbonyl (C=O) groups is 1. The zero-order valence-corrected chi connectivity index (χ0v) is 16.8. The van der Waals surface area contributed by atoms with Crippen LogP contribution in [0.15, 0.2) is 42.5 Å². The molecular formula is C21H26N4O4. The lowest BCUT2D eigenvalue weighted by Crippen LogP contribution is -2.35. The van der Waals surface area contributed by atoms with Gasteiger partial charge in [0.2, 0.25) is 0 Å². The highest BCUT2D eigenvalue weighted by Crippen LogP contribution is 2.27. The number of ether oxygens (including phenoxy) is 1. The molecule has 0 bridgehead atoms. The number of amides is 1. The molecule has 0 spiro atoms. The van der Waals surface area contributed by atoms with Gasteiger partial charge in [-0.05, 0) is 23.3 Å². The standard InChI is InChI=1S/C21H26N4O4/c1-23(2)19-8-7-18(13-20(19)25(27)28)21(26)22-14-16-3-5-17(6-4-16)15-24-9-11-29-12-10-24/h3-8,13H,9-12,14-15H2,1-2H3,(H,22,26). The Labute approximate surface area is 170 Å². The van der Waals surface area contributed by atoms with Crippen molar-refractivity contribution in [3.05, 3.63) is 69.3 Å². The second-order valence-corrected chi connectivity index (χ2v) is 7.24. The minimum absolute atomic E-state index is 0.0879. The second kappa shape index (κ2) is 9.49. The number of nitro groups is 1. The summed E-state index contributed by atoms with van der Waals surface area (Å²) in [5.74, 6) is -0.337. The number of rotatable bonds is 7. The van der Waals surface area contributed by atoms with Crippen molar-refractivity contribution in [1.29, 1.82) is 0 Å². The van der Waals surface area contributed by atoms with Gasteiger partial charge in [-0.25, -0.2) is 0 Å². The Balaban J connectivity index is 1.58. The number of benzene rings is 2. The molecule has 0 unspecified atom stereocenters. The highest BCUT2D eigenvalue weighted by molar-refractivity contribution is 5.95. The minimum Gasteiger partial charge on any atom is -0.379 e. The monoisotopic (exact) mass is 398 g/mol. The highest BCUT2D eigenvalue weighted by Gasteiger charge is 2.18. The van der Waals surface area contributed by atoms with Crippen LogP contribution in [0.3, 0.4) is 0 Å². The van der Waals surface area contributed by atoms with E-state index in [1.807, 2.05) is 12.1 Å². The van der Waals surface area contributed by atoms with E-state index in [1.54, 1.807) is 31.1 Å². The van der Waals surface area contributed by atoms with Crippen molar-refractivity contribution >= 4 is 17.3 Å². The molecule has 29 heavy (non-hydrogen) atoms. The predicted octanol–water partition coefficient (Wildman–Crippen LogP) is 2.42. The zero-order valence-electron chi connectivity index (χ0n) is 16.8. The van der Waals surface area contributed by atoms with Crippen molar-refractivity contribution in [2.24, 2.45) is 0 Å². The van der Waals surface area contributed by atoms with Gasteiger partial charge in [0.15, 0.2) is 0 Å². The third kappa shape index (κ3) is 5.52. The Bertz CT molecular complexity index is 861. The van der Waals surface area contributed by atoms with E-state index < -0.39 is 4.92 Å². The molecule has 0 radical (unpaired) electrons. The Morgan fingerprint density at radius 1 is 1.14 bits per heavy atom. The number of nitrogens with zero attached hydrogens (tertiary/aromatic N) is 3. The summed E-state index contributed by atoms with van der Waals surface area (Å²) in [6.45, 7) is 4.68. The first-order valence-corrected chi connectivity index (χ1v) is 9.56. The van der Waals surface area contributed by atoms with Gasteiger partial charge in [-0.3, -0.25) is 19.8 Å². The molecule has 0 aliphatic carbocycles. The summed E-state index contributed by atoms with van der Waals surface area (Å²) in [7, 11) is 3.45. The van der Waals surface area contributed by atoms with Crippen molar-refractivity contribution in [3.63, 3.8) is 0 Å². The maximum Gasteiger partial charge on any atom is 0.293 e. The van der Waals surface area contributed by atoms with Crippen LogP contribution in [0.4, 0.5) is 11.4 Å². The smallest absolute Gasteiger partial charge is 0.293 e. The van der Waals surface area contributed by atoms with Gasteiger partial charge in [0.1, 0.15) is 5.69 Å². The fraction of sp³-hybridized carbons (Fsp3) is 0.381. The predicted molar refractivity (Wildman–Crippen MR) is 111 cm³/mol. The van der Waals surface area contributed by atoms with Crippen LogP contribution in [0.25, 0.3) is 0 Å². The first kappa shape index (κ1) is 20.8. The molecule has 1 amide bonds. The molecule has 1 aliphatic heterocycles. The lowest BCUT2D eigenvalue weighted by Gasteiger charge is -2.26. The van der Waals surface area contributed by atoms with Gasteiger partial charge in [0, 0.05) is 51.9 Å². The van der Waals surface area contributed by atoms with E-state index in [4.69, 9.17) is 4.74 Å². The molecule has 0 atom stereocenters. The fourth-order valence-electron chi connectivity index (χ4n) is 3.25. The van der Waals surface area contributed by atoms with E-state index >= 15 is 0 Å². The maximum absolute atomic E-state index is 12.4. The van der Waals surface area contributed by atoms with E-state index in [9.17, 15) is 14.9 Å². The van der Waals surface area contributed by atoms with Gasteiger partial charge in [0.25, 0.3) is 11.6 Å². The summed E-state index contributed by atoms with van der Waals surface area (Å²) in [5.41, 5.74) is 2.84. The van der Waals surface area contributed by atoms with Crippen molar-refractivity contribution in [3.8, 4) is 0 Å². The molecule has 2 aromatic rings. The van der Waals surface area contributed by atoms with Crippen LogP contribution in [0, 0.1) is 10.1 Å². The third-order valence-electron chi connectivity index (χ3n) is 4.90. The second-order valence-electron chi connectivity index (χ2n) is 7.24. The van der Waals surface area contributed by atoms with Crippen molar-refractivity contribution < 1.29 is 14.5 Å². The molecule has 0 aromatic heterocycles. The molecule has 8 heteroatoms. The van der Waals surface area contributed by atoms with E-state index in [-0.39, 0.29) is 17.2 Å². The molecule has 0 saturated carbocycles. The molecule has 1 N–H and O–H groups in total. The molecule has 1 heterocycles. The summed E-state index contributed by atoms with van der Waals surface area (Å²) in [4.78, 5) is 27.3. The molecule has 154 valence electrons. The molecule has 3 rings (SSSR count). The molecule has 1 saturated heterocycles. The van der Waals surface area contributed by atoms with Gasteiger partial charge < -0.3 is 15.0 Å². The number of morpholine rings is 1. The molecule has 8 nitrogen and oxygen atoms in total. The number of nitrogens with one attached hydrogen (secondary N) is 1. The quantitative estimate of drug-likeness (QED) is 0.569. The van der Waals surface area contributed by atoms with Crippen LogP contribution in [0.2, 0.25) is 0 Å². The molecule has 1 fully saturated rings. The first-order chi connectivity index (χ1) is 13.9. The van der Waals surface area contributed by atoms with Gasteiger partial charge in [-0.1, -0.05) is 24.3 Å². The number of carbonyl (C=O) groups excluding carboxylic acids is 1. The Morgan fingerprint density at radius 2 is 1.79 bits per heavy atom. The van der Waals surface area contributed by atoms with Crippen molar-refractivity contribution in [2.45, 2.75) is 13.1 Å². The normalized spacial score (nSPS) is 14.4. The number of anilines is 1. The van der Waals surface area contributed by atoms with Crippen LogP contribution < -0.4 is 10.2 Å². The van der Waals surface area contributed by atoms with Crippen LogP contribution in [-0.4, -0.2) is 56.1 Å². The van der Waals surface area contributed by atoms with E-state index in [0.29, 0.717) is 12.2 Å². The largest absolute Gasteiger partial charge is 0.379 e. The maximum atomic E-state index is 12.4. The van der Waals surface area contributed by atoms with Crippen LogP contribution in [0.1, 0.15) is 21.5 Å². The SMILES string of the molecule is CN(C)c1ccc(C(=O)NCc2ccc(CN3CCOCC3)cc2)cc1[N+](=O)[O-]. The molecule has 2 aromatic carbocycles.